The van der Waals surface area contributed by atoms with Crippen molar-refractivity contribution in [2.45, 2.75) is 12.7 Å². The molecule has 0 aliphatic carbocycles. The van der Waals surface area contributed by atoms with Crippen LogP contribution in [0.2, 0.25) is 0 Å². The summed E-state index contributed by atoms with van der Waals surface area (Å²) in [6.45, 7) is 0.320. The lowest BCUT2D eigenvalue weighted by atomic mass is 10.0. The van der Waals surface area contributed by atoms with Gasteiger partial charge in [0.25, 0.3) is 0 Å². The van der Waals surface area contributed by atoms with E-state index in [4.69, 9.17) is 4.74 Å². The highest BCUT2D eigenvalue weighted by Gasteiger charge is 2.34. The predicted molar refractivity (Wildman–Crippen MR) is 138 cm³/mol. The largest absolute Gasteiger partial charge is 0.455 e. The maximum Gasteiger partial charge on any atom is 0.418 e. The lowest BCUT2D eigenvalue weighted by Gasteiger charge is -2.12. The van der Waals surface area contributed by atoms with E-state index in [0.717, 1.165) is 22.5 Å². The Hall–Kier alpha value is -4.65. The molecular weight excluding hydrogens is 475 g/mol. The average Bonchev–Trinajstić information content (AvgIpc) is 3.27. The van der Waals surface area contributed by atoms with Crippen molar-refractivity contribution in [3.05, 3.63) is 120 Å². The lowest BCUT2D eigenvalue weighted by molar-refractivity contribution is -0.136. The third kappa shape index (κ3) is 4.40. The Bertz CT molecular complexity index is 1720. The van der Waals surface area contributed by atoms with Gasteiger partial charge < -0.3 is 4.74 Å². The number of fused-ring (bicyclic) bond motifs is 2. The summed E-state index contributed by atoms with van der Waals surface area (Å²) in [6.07, 6.45) is -2.81. The maximum absolute atomic E-state index is 13.8. The molecule has 0 amide bonds. The highest BCUT2D eigenvalue weighted by Crippen LogP contribution is 2.39. The number of hydrogen-bond donors (Lipinski definition) is 0. The summed E-state index contributed by atoms with van der Waals surface area (Å²) in [6, 6.07) is 30.5. The first-order valence-corrected chi connectivity index (χ1v) is 11.7. The van der Waals surface area contributed by atoms with Gasteiger partial charge in [-0.1, -0.05) is 72.8 Å². The Morgan fingerprint density at radius 1 is 0.757 bits per heavy atom. The van der Waals surface area contributed by atoms with Crippen LogP contribution in [-0.4, -0.2) is 14.8 Å². The van der Waals surface area contributed by atoms with Gasteiger partial charge in [0.15, 0.2) is 5.75 Å². The molecule has 0 radical (unpaired) electrons. The number of pyridine rings is 1. The fourth-order valence-electron chi connectivity index (χ4n) is 4.55. The van der Waals surface area contributed by atoms with E-state index in [2.05, 4.69) is 10.1 Å². The smallest absolute Gasteiger partial charge is 0.418 e. The number of hydrogen-bond acceptors (Lipinski definition) is 3. The van der Waals surface area contributed by atoms with Gasteiger partial charge in [0.05, 0.1) is 17.8 Å². The predicted octanol–water partition coefficient (Wildman–Crippen LogP) is 8.11. The van der Waals surface area contributed by atoms with Crippen LogP contribution in [0, 0.1) is 0 Å². The third-order valence-corrected chi connectivity index (χ3v) is 6.18. The standard InChI is InChI=1S/C30H20F3N3O/c31-30(32,33)25-15-6-14-24-28(25)35-36(19-20-8-2-1-3-9-20)29(24)22-11-4-13-23(18-22)37-26-16-5-10-21-12-7-17-34-27(21)26/h1-18H,19H2. The van der Waals surface area contributed by atoms with Crippen LogP contribution in [-0.2, 0) is 12.7 Å². The second-order valence-electron chi connectivity index (χ2n) is 8.65. The zero-order valence-electron chi connectivity index (χ0n) is 19.5. The molecule has 0 aliphatic rings. The zero-order valence-corrected chi connectivity index (χ0v) is 19.5. The van der Waals surface area contributed by atoms with E-state index in [1.807, 2.05) is 84.9 Å². The van der Waals surface area contributed by atoms with Gasteiger partial charge in [-0.3, -0.25) is 9.67 Å². The van der Waals surface area contributed by atoms with Gasteiger partial charge >= 0.3 is 6.18 Å². The number of alkyl halides is 3. The van der Waals surface area contributed by atoms with Gasteiger partial charge in [-0.25, -0.2) is 0 Å². The SMILES string of the molecule is FC(F)(F)c1cccc2c(-c3cccc(Oc4cccc5cccnc45)c3)n(Cc3ccccc3)nc12. The van der Waals surface area contributed by atoms with Crippen molar-refractivity contribution < 1.29 is 17.9 Å². The molecule has 4 nitrogen and oxygen atoms in total. The summed E-state index contributed by atoms with van der Waals surface area (Å²) >= 11 is 0. The molecule has 0 saturated heterocycles. The van der Waals surface area contributed by atoms with E-state index in [-0.39, 0.29) is 5.52 Å². The molecule has 6 rings (SSSR count). The van der Waals surface area contributed by atoms with Gasteiger partial charge in [-0.2, -0.15) is 18.3 Å². The van der Waals surface area contributed by atoms with Crippen LogP contribution in [0.4, 0.5) is 13.2 Å². The van der Waals surface area contributed by atoms with Gasteiger partial charge in [0, 0.05) is 22.5 Å². The fourth-order valence-corrected chi connectivity index (χ4v) is 4.55. The molecule has 0 bridgehead atoms. The third-order valence-electron chi connectivity index (χ3n) is 6.18. The van der Waals surface area contributed by atoms with E-state index in [1.54, 1.807) is 16.9 Å². The maximum atomic E-state index is 13.8. The molecule has 0 unspecified atom stereocenters. The summed E-state index contributed by atoms with van der Waals surface area (Å²) in [4.78, 5) is 4.44. The lowest BCUT2D eigenvalue weighted by Crippen LogP contribution is -2.06. The van der Waals surface area contributed by atoms with Crippen molar-refractivity contribution in [3.63, 3.8) is 0 Å². The van der Waals surface area contributed by atoms with E-state index in [0.29, 0.717) is 34.7 Å². The second kappa shape index (κ2) is 9.09. The van der Waals surface area contributed by atoms with Crippen LogP contribution < -0.4 is 4.74 Å². The minimum absolute atomic E-state index is 0.0782. The van der Waals surface area contributed by atoms with Crippen molar-refractivity contribution >= 4 is 21.8 Å². The van der Waals surface area contributed by atoms with Crippen LogP contribution in [0.3, 0.4) is 0 Å². The van der Waals surface area contributed by atoms with Crippen molar-refractivity contribution in [3.8, 4) is 22.8 Å². The molecule has 7 heteroatoms. The van der Waals surface area contributed by atoms with Crippen molar-refractivity contribution in [1.82, 2.24) is 14.8 Å². The van der Waals surface area contributed by atoms with E-state index in [9.17, 15) is 13.2 Å². The topological polar surface area (TPSA) is 39.9 Å². The first-order valence-electron chi connectivity index (χ1n) is 11.7. The normalized spacial score (nSPS) is 11.8. The van der Waals surface area contributed by atoms with Crippen molar-refractivity contribution in [2.75, 3.05) is 0 Å². The molecule has 0 saturated carbocycles. The average molecular weight is 496 g/mol. The molecule has 0 atom stereocenters. The van der Waals surface area contributed by atoms with Gasteiger partial charge in [-0.15, -0.1) is 0 Å². The second-order valence-corrected chi connectivity index (χ2v) is 8.65. The minimum atomic E-state index is -4.52. The molecule has 182 valence electrons. The Balaban J connectivity index is 1.49. The summed E-state index contributed by atoms with van der Waals surface area (Å²) in [5.41, 5.74) is 2.11. The van der Waals surface area contributed by atoms with Gasteiger partial charge in [0.1, 0.15) is 16.8 Å². The van der Waals surface area contributed by atoms with Crippen molar-refractivity contribution in [1.29, 1.82) is 0 Å². The number of para-hydroxylation sites is 1. The number of rotatable bonds is 5. The first-order chi connectivity index (χ1) is 18.0. The molecule has 0 fully saturated rings. The first kappa shape index (κ1) is 22.8. The molecule has 0 N–H and O–H groups in total. The summed E-state index contributed by atoms with van der Waals surface area (Å²) in [5.74, 6) is 1.14. The number of halogens is 3. The zero-order chi connectivity index (χ0) is 25.4. The van der Waals surface area contributed by atoms with E-state index < -0.39 is 11.7 Å². The summed E-state index contributed by atoms with van der Waals surface area (Å²) < 4.78 is 49.4. The van der Waals surface area contributed by atoms with E-state index >= 15 is 0 Å². The number of aromatic nitrogens is 3. The molecular formula is C30H20F3N3O. The van der Waals surface area contributed by atoms with Crippen molar-refractivity contribution in [2.24, 2.45) is 0 Å². The molecule has 2 aromatic heterocycles. The number of ether oxygens (including phenoxy) is 1. The van der Waals surface area contributed by atoms with Crippen LogP contribution in [0.15, 0.2) is 109 Å². The van der Waals surface area contributed by atoms with Crippen LogP contribution in [0.1, 0.15) is 11.1 Å². The molecule has 2 heterocycles. The summed E-state index contributed by atoms with van der Waals surface area (Å²) in [5, 5.41) is 5.82. The Morgan fingerprint density at radius 2 is 1.54 bits per heavy atom. The Labute approximate surface area is 210 Å². The quantitative estimate of drug-likeness (QED) is 0.243. The van der Waals surface area contributed by atoms with Gasteiger partial charge in [0.2, 0.25) is 0 Å². The fraction of sp³-hybridized carbons (Fsp3) is 0.0667. The van der Waals surface area contributed by atoms with E-state index in [1.165, 1.54) is 6.07 Å². The highest BCUT2D eigenvalue weighted by atomic mass is 19.4. The Morgan fingerprint density at radius 3 is 2.38 bits per heavy atom. The molecule has 0 aliphatic heterocycles. The molecule has 6 aromatic rings. The van der Waals surface area contributed by atoms with Crippen LogP contribution in [0.25, 0.3) is 33.1 Å². The highest BCUT2D eigenvalue weighted by molar-refractivity contribution is 5.95. The van der Waals surface area contributed by atoms with Crippen LogP contribution in [0.5, 0.6) is 11.5 Å². The molecule has 0 spiro atoms. The molecule has 4 aromatic carbocycles. The monoisotopic (exact) mass is 495 g/mol. The summed E-state index contributed by atoms with van der Waals surface area (Å²) in [7, 11) is 0. The number of benzene rings is 4. The Kier molecular flexibility index (Phi) is 5.60. The molecule has 37 heavy (non-hydrogen) atoms. The minimum Gasteiger partial charge on any atom is -0.455 e. The number of nitrogens with zero attached hydrogens (tertiary/aromatic N) is 3. The van der Waals surface area contributed by atoms with Crippen LogP contribution >= 0.6 is 0 Å². The van der Waals surface area contributed by atoms with Gasteiger partial charge in [-0.05, 0) is 35.9 Å².